The number of halogens is 1. The lowest BCUT2D eigenvalue weighted by Crippen LogP contribution is -2.26. The summed E-state index contributed by atoms with van der Waals surface area (Å²) in [6.45, 7) is 0.972. The van der Waals surface area contributed by atoms with E-state index < -0.39 is 0 Å². The van der Waals surface area contributed by atoms with E-state index in [0.717, 1.165) is 30.3 Å². The largest absolute Gasteiger partial charge is 0.384 e. The second-order valence-electron chi connectivity index (χ2n) is 6.23. The zero-order chi connectivity index (χ0) is 12.8. The first-order valence-electron chi connectivity index (χ1n) is 7.59. The molecule has 0 aromatic heterocycles. The maximum Gasteiger partial charge on any atom is 0.0490 e. The molecule has 2 heteroatoms. The standard InChI is InChI=1S/C16H27ClO/c1-18-12-14-4-8-16(9-5-14)15-6-2-13(3-7-15)10-11-17/h10-11,13-16H,2-9,12H2,1H3/b11-10+. The number of rotatable bonds is 4. The van der Waals surface area contributed by atoms with Gasteiger partial charge in [0.1, 0.15) is 0 Å². The molecule has 0 N–H and O–H groups in total. The number of ether oxygens (including phenoxy) is 1. The van der Waals surface area contributed by atoms with Crippen LogP contribution in [0.25, 0.3) is 0 Å². The Hall–Kier alpha value is -0.0100. The predicted octanol–water partition coefficient (Wildman–Crippen LogP) is 5.00. The lowest BCUT2D eigenvalue weighted by molar-refractivity contribution is 0.0957. The molecule has 0 heterocycles. The van der Waals surface area contributed by atoms with Gasteiger partial charge in [-0.05, 0) is 75.0 Å². The van der Waals surface area contributed by atoms with Gasteiger partial charge in [0, 0.05) is 19.3 Å². The second-order valence-corrected chi connectivity index (χ2v) is 6.48. The van der Waals surface area contributed by atoms with Crippen LogP contribution < -0.4 is 0 Å². The Morgan fingerprint density at radius 2 is 1.50 bits per heavy atom. The van der Waals surface area contributed by atoms with Gasteiger partial charge in [-0.1, -0.05) is 17.7 Å². The van der Waals surface area contributed by atoms with Crippen molar-refractivity contribution < 1.29 is 4.74 Å². The molecule has 2 rings (SSSR count). The highest BCUT2D eigenvalue weighted by atomic mass is 35.5. The van der Waals surface area contributed by atoms with Gasteiger partial charge in [-0.3, -0.25) is 0 Å². The van der Waals surface area contributed by atoms with Crippen LogP contribution in [0.2, 0.25) is 0 Å². The van der Waals surface area contributed by atoms with Gasteiger partial charge in [0.05, 0.1) is 0 Å². The molecular formula is C16H27ClO. The average Bonchev–Trinajstić information content (AvgIpc) is 2.41. The van der Waals surface area contributed by atoms with Crippen LogP contribution in [0, 0.1) is 23.7 Å². The molecule has 1 nitrogen and oxygen atoms in total. The van der Waals surface area contributed by atoms with Crippen molar-refractivity contribution in [2.45, 2.75) is 51.4 Å². The van der Waals surface area contributed by atoms with E-state index in [1.807, 2.05) is 7.11 Å². The summed E-state index contributed by atoms with van der Waals surface area (Å²) in [5.41, 5.74) is 1.71. The van der Waals surface area contributed by atoms with Gasteiger partial charge in [-0.25, -0.2) is 0 Å². The number of allylic oxidation sites excluding steroid dienone is 1. The van der Waals surface area contributed by atoms with Crippen molar-refractivity contribution in [3.63, 3.8) is 0 Å². The molecule has 2 fully saturated rings. The Morgan fingerprint density at radius 3 is 2.00 bits per heavy atom. The maximum absolute atomic E-state index is 5.67. The van der Waals surface area contributed by atoms with Crippen molar-refractivity contribution >= 4 is 11.6 Å². The molecule has 0 atom stereocenters. The third-order valence-corrected chi connectivity index (χ3v) is 5.27. The summed E-state index contributed by atoms with van der Waals surface area (Å²) in [5, 5.41) is 0. The quantitative estimate of drug-likeness (QED) is 0.699. The lowest BCUT2D eigenvalue weighted by Gasteiger charge is -2.37. The summed E-state index contributed by atoms with van der Waals surface area (Å²) in [5.74, 6) is 3.58. The third-order valence-electron chi connectivity index (χ3n) is 5.12. The average molecular weight is 271 g/mol. The third kappa shape index (κ3) is 3.99. The minimum absolute atomic E-state index is 0.753. The van der Waals surface area contributed by atoms with E-state index in [1.54, 1.807) is 5.54 Å². The van der Waals surface area contributed by atoms with E-state index in [-0.39, 0.29) is 0 Å². The molecule has 0 aliphatic heterocycles. The van der Waals surface area contributed by atoms with E-state index in [9.17, 15) is 0 Å². The van der Waals surface area contributed by atoms with Crippen molar-refractivity contribution in [2.75, 3.05) is 13.7 Å². The van der Waals surface area contributed by atoms with Crippen LogP contribution in [0.4, 0.5) is 0 Å². The van der Waals surface area contributed by atoms with Crippen molar-refractivity contribution in [1.82, 2.24) is 0 Å². The molecule has 2 aliphatic carbocycles. The van der Waals surface area contributed by atoms with E-state index in [4.69, 9.17) is 16.3 Å². The molecule has 104 valence electrons. The van der Waals surface area contributed by atoms with Gasteiger partial charge in [-0.2, -0.15) is 0 Å². The Labute approximate surface area is 117 Å². The zero-order valence-electron chi connectivity index (χ0n) is 11.6. The van der Waals surface area contributed by atoms with E-state index in [1.165, 1.54) is 51.4 Å². The Bertz CT molecular complexity index is 248. The van der Waals surface area contributed by atoms with Crippen LogP contribution in [0.5, 0.6) is 0 Å². The molecule has 0 amide bonds. The van der Waals surface area contributed by atoms with E-state index >= 15 is 0 Å². The summed E-state index contributed by atoms with van der Waals surface area (Å²) in [4.78, 5) is 0. The molecule has 0 unspecified atom stereocenters. The summed E-state index contributed by atoms with van der Waals surface area (Å²) in [7, 11) is 1.83. The highest BCUT2D eigenvalue weighted by Gasteiger charge is 2.30. The molecular weight excluding hydrogens is 244 g/mol. The molecule has 18 heavy (non-hydrogen) atoms. The topological polar surface area (TPSA) is 9.23 Å². The van der Waals surface area contributed by atoms with Gasteiger partial charge in [-0.15, -0.1) is 0 Å². The summed E-state index contributed by atoms with van der Waals surface area (Å²) in [6, 6.07) is 0. The van der Waals surface area contributed by atoms with Crippen LogP contribution in [0.3, 0.4) is 0 Å². The fourth-order valence-electron chi connectivity index (χ4n) is 3.97. The van der Waals surface area contributed by atoms with Gasteiger partial charge in [0.25, 0.3) is 0 Å². The molecule has 0 spiro atoms. The molecule has 0 radical (unpaired) electrons. The first kappa shape index (κ1) is 14.4. The summed E-state index contributed by atoms with van der Waals surface area (Å²) >= 11 is 5.67. The smallest absolute Gasteiger partial charge is 0.0490 e. The minimum atomic E-state index is 0.753. The van der Waals surface area contributed by atoms with Crippen LogP contribution in [-0.2, 0) is 4.74 Å². The minimum Gasteiger partial charge on any atom is -0.384 e. The summed E-state index contributed by atoms with van der Waals surface area (Å²) < 4.78 is 5.28. The second kappa shape index (κ2) is 7.55. The molecule has 2 saturated carbocycles. The van der Waals surface area contributed by atoms with E-state index in [0.29, 0.717) is 0 Å². The highest BCUT2D eigenvalue weighted by Crippen LogP contribution is 2.41. The monoisotopic (exact) mass is 270 g/mol. The Balaban J connectivity index is 1.71. The number of methoxy groups -OCH3 is 1. The number of hydrogen-bond acceptors (Lipinski definition) is 1. The fourth-order valence-corrected chi connectivity index (χ4v) is 4.18. The van der Waals surface area contributed by atoms with Crippen LogP contribution >= 0.6 is 11.6 Å². The molecule has 0 aromatic rings. The van der Waals surface area contributed by atoms with Crippen LogP contribution in [0.1, 0.15) is 51.4 Å². The SMILES string of the molecule is COCC1CCC(C2CCC(/C=C/Cl)CC2)CC1. The zero-order valence-corrected chi connectivity index (χ0v) is 12.4. The van der Waals surface area contributed by atoms with Crippen molar-refractivity contribution in [3.05, 3.63) is 11.6 Å². The highest BCUT2D eigenvalue weighted by molar-refractivity contribution is 6.25. The first-order chi connectivity index (χ1) is 8.83. The fraction of sp³-hybridized carbons (Fsp3) is 0.875. The lowest BCUT2D eigenvalue weighted by atomic mass is 9.69. The van der Waals surface area contributed by atoms with E-state index in [2.05, 4.69) is 6.08 Å². The van der Waals surface area contributed by atoms with Crippen molar-refractivity contribution in [3.8, 4) is 0 Å². The normalized spacial score (nSPS) is 38.1. The predicted molar refractivity (Wildman–Crippen MR) is 77.8 cm³/mol. The van der Waals surface area contributed by atoms with Crippen molar-refractivity contribution in [2.24, 2.45) is 23.7 Å². The summed E-state index contributed by atoms with van der Waals surface area (Å²) in [6.07, 6.45) is 13.4. The van der Waals surface area contributed by atoms with Gasteiger partial charge < -0.3 is 4.74 Å². The van der Waals surface area contributed by atoms with Crippen LogP contribution in [-0.4, -0.2) is 13.7 Å². The maximum atomic E-state index is 5.67. The Morgan fingerprint density at radius 1 is 0.944 bits per heavy atom. The molecule has 0 bridgehead atoms. The van der Waals surface area contributed by atoms with Gasteiger partial charge in [0.15, 0.2) is 0 Å². The molecule has 0 saturated heterocycles. The number of hydrogen-bond donors (Lipinski definition) is 0. The van der Waals surface area contributed by atoms with Crippen LogP contribution in [0.15, 0.2) is 11.6 Å². The first-order valence-corrected chi connectivity index (χ1v) is 8.03. The molecule has 0 aromatic carbocycles. The molecule has 2 aliphatic rings. The van der Waals surface area contributed by atoms with Crippen molar-refractivity contribution in [1.29, 1.82) is 0 Å². The Kier molecular flexibility index (Phi) is 6.04. The van der Waals surface area contributed by atoms with Gasteiger partial charge in [0.2, 0.25) is 0 Å². The van der Waals surface area contributed by atoms with Gasteiger partial charge >= 0.3 is 0 Å².